The summed E-state index contributed by atoms with van der Waals surface area (Å²) in [6.07, 6.45) is 3.43. The smallest absolute Gasteiger partial charge is 0.276 e. The summed E-state index contributed by atoms with van der Waals surface area (Å²) in [7, 11) is 0. The van der Waals surface area contributed by atoms with Gasteiger partial charge in [0.2, 0.25) is 0 Å². The molecule has 1 amide bonds. The lowest BCUT2D eigenvalue weighted by Gasteiger charge is -2.08. The van der Waals surface area contributed by atoms with E-state index < -0.39 is 0 Å². The second-order valence-electron chi connectivity index (χ2n) is 7.21. The number of aromatic nitrogens is 3. The molecule has 6 nitrogen and oxygen atoms in total. The van der Waals surface area contributed by atoms with Crippen LogP contribution in [-0.4, -0.2) is 26.6 Å². The topological polar surface area (TPSA) is 68.4 Å². The van der Waals surface area contributed by atoms with Gasteiger partial charge >= 0.3 is 0 Å². The Morgan fingerprint density at radius 1 is 1.10 bits per heavy atom. The first-order chi connectivity index (χ1) is 14.4. The summed E-state index contributed by atoms with van der Waals surface area (Å²) in [6, 6.07) is 14.8. The van der Waals surface area contributed by atoms with Crippen LogP contribution < -0.4 is 10.9 Å². The van der Waals surface area contributed by atoms with Gasteiger partial charge in [0, 0.05) is 31.0 Å². The largest absolute Gasteiger partial charge is 0.350 e. The van der Waals surface area contributed by atoms with Gasteiger partial charge in [-0.15, -0.1) is 0 Å². The van der Waals surface area contributed by atoms with Crippen LogP contribution in [0.1, 0.15) is 21.5 Å². The fraction of sp³-hybridized carbons (Fsp3) is 0.174. The molecule has 2 aromatic carbocycles. The van der Waals surface area contributed by atoms with Crippen molar-refractivity contribution in [2.75, 3.05) is 6.54 Å². The molecule has 2 heterocycles. The van der Waals surface area contributed by atoms with Crippen molar-refractivity contribution in [1.82, 2.24) is 19.5 Å². The number of benzene rings is 2. The lowest BCUT2D eigenvalue weighted by Crippen LogP contribution is -2.31. The molecule has 0 bridgehead atoms. The van der Waals surface area contributed by atoms with Gasteiger partial charge in [-0.05, 0) is 43.7 Å². The highest BCUT2D eigenvalue weighted by Crippen LogP contribution is 2.23. The molecule has 0 saturated carbocycles. The summed E-state index contributed by atoms with van der Waals surface area (Å²) in [5.74, 6) is -0.267. The Bertz CT molecular complexity index is 1310. The molecule has 0 radical (unpaired) electrons. The molecule has 0 saturated heterocycles. The van der Waals surface area contributed by atoms with Crippen LogP contribution in [0.15, 0.2) is 65.7 Å². The number of carbonyl (C=O) groups excluding carboxylic acids is 1. The van der Waals surface area contributed by atoms with Gasteiger partial charge in [0.1, 0.15) is 5.52 Å². The van der Waals surface area contributed by atoms with Gasteiger partial charge in [0.25, 0.3) is 11.5 Å². The van der Waals surface area contributed by atoms with Crippen LogP contribution in [0.3, 0.4) is 0 Å². The van der Waals surface area contributed by atoms with Crippen LogP contribution in [-0.2, 0) is 6.54 Å². The molecule has 7 heteroatoms. The first kappa shape index (κ1) is 19.9. The third-order valence-electron chi connectivity index (χ3n) is 5.03. The Hall–Kier alpha value is -3.38. The lowest BCUT2D eigenvalue weighted by molar-refractivity contribution is 0.0952. The number of fused-ring (bicyclic) bond motifs is 1. The quantitative estimate of drug-likeness (QED) is 0.533. The van der Waals surface area contributed by atoms with Gasteiger partial charge in [0.05, 0.1) is 16.3 Å². The van der Waals surface area contributed by atoms with E-state index in [0.29, 0.717) is 29.2 Å². The van der Waals surface area contributed by atoms with E-state index in [1.807, 2.05) is 19.9 Å². The van der Waals surface area contributed by atoms with Gasteiger partial charge in [0.15, 0.2) is 0 Å². The normalized spacial score (nSPS) is 11.0. The van der Waals surface area contributed by atoms with Gasteiger partial charge in [-0.2, -0.15) is 5.10 Å². The van der Waals surface area contributed by atoms with Crippen LogP contribution in [0.4, 0.5) is 0 Å². The number of carbonyl (C=O) groups is 1. The molecule has 2 aromatic heterocycles. The van der Waals surface area contributed by atoms with E-state index in [9.17, 15) is 9.59 Å². The SMILES string of the molecule is Cc1ccc(C)c(-c2cc3c(=O)n(CCNC(=O)c4ccccc4Cl)ccn3n2)c1. The van der Waals surface area contributed by atoms with Gasteiger partial charge in [-0.1, -0.05) is 41.4 Å². The maximum Gasteiger partial charge on any atom is 0.276 e. The predicted molar refractivity (Wildman–Crippen MR) is 118 cm³/mol. The second-order valence-corrected chi connectivity index (χ2v) is 7.62. The van der Waals surface area contributed by atoms with E-state index in [-0.39, 0.29) is 11.5 Å². The molecular formula is C23H21ClN4O2. The first-order valence-corrected chi connectivity index (χ1v) is 10.0. The second kappa shape index (κ2) is 8.16. The molecule has 0 fully saturated rings. The summed E-state index contributed by atoms with van der Waals surface area (Å²) in [4.78, 5) is 25.2. The van der Waals surface area contributed by atoms with Crippen molar-refractivity contribution in [2.45, 2.75) is 20.4 Å². The minimum Gasteiger partial charge on any atom is -0.350 e. The van der Waals surface area contributed by atoms with E-state index in [4.69, 9.17) is 11.6 Å². The highest BCUT2D eigenvalue weighted by molar-refractivity contribution is 6.33. The Kier molecular flexibility index (Phi) is 5.42. The van der Waals surface area contributed by atoms with Crippen molar-refractivity contribution in [3.05, 3.63) is 93.0 Å². The van der Waals surface area contributed by atoms with E-state index in [2.05, 4.69) is 28.6 Å². The van der Waals surface area contributed by atoms with E-state index in [1.54, 1.807) is 45.7 Å². The summed E-state index contributed by atoms with van der Waals surface area (Å²) in [5.41, 5.74) is 4.76. The van der Waals surface area contributed by atoms with Crippen LogP contribution >= 0.6 is 11.6 Å². The van der Waals surface area contributed by atoms with Crippen molar-refractivity contribution in [2.24, 2.45) is 0 Å². The number of amides is 1. The highest BCUT2D eigenvalue weighted by atomic mass is 35.5. The fourth-order valence-electron chi connectivity index (χ4n) is 3.38. The van der Waals surface area contributed by atoms with Crippen LogP contribution in [0.2, 0.25) is 5.02 Å². The number of nitrogens with one attached hydrogen (secondary N) is 1. The zero-order chi connectivity index (χ0) is 21.3. The average Bonchev–Trinajstić information content (AvgIpc) is 3.17. The number of hydrogen-bond donors (Lipinski definition) is 1. The van der Waals surface area contributed by atoms with Crippen molar-refractivity contribution in [3.8, 4) is 11.3 Å². The Balaban J connectivity index is 1.54. The summed E-state index contributed by atoms with van der Waals surface area (Å²) in [6.45, 7) is 4.70. The molecule has 0 aliphatic carbocycles. The standard InChI is InChI=1S/C23H21ClN4O2/c1-15-7-8-16(2)18(13-15)20-14-21-23(30)27(11-12-28(21)26-20)10-9-25-22(29)17-5-3-4-6-19(17)24/h3-8,11-14H,9-10H2,1-2H3,(H,25,29). The average molecular weight is 421 g/mol. The molecule has 0 aliphatic heterocycles. The van der Waals surface area contributed by atoms with Gasteiger partial charge < -0.3 is 9.88 Å². The van der Waals surface area contributed by atoms with Crippen LogP contribution in [0, 0.1) is 13.8 Å². The van der Waals surface area contributed by atoms with Crippen LogP contribution in [0.5, 0.6) is 0 Å². The Morgan fingerprint density at radius 2 is 1.90 bits per heavy atom. The third-order valence-corrected chi connectivity index (χ3v) is 5.36. The van der Waals surface area contributed by atoms with Crippen molar-refractivity contribution >= 4 is 23.0 Å². The molecule has 30 heavy (non-hydrogen) atoms. The molecule has 1 N–H and O–H groups in total. The van der Waals surface area contributed by atoms with Crippen molar-refractivity contribution < 1.29 is 4.79 Å². The predicted octanol–water partition coefficient (Wildman–Crippen LogP) is 3.86. The maximum absolute atomic E-state index is 12.9. The van der Waals surface area contributed by atoms with Crippen LogP contribution in [0.25, 0.3) is 16.8 Å². The third kappa shape index (κ3) is 3.86. The molecule has 4 rings (SSSR count). The number of hydrogen-bond acceptors (Lipinski definition) is 3. The van der Waals surface area contributed by atoms with Crippen molar-refractivity contribution in [1.29, 1.82) is 0 Å². The molecule has 0 atom stereocenters. The van der Waals surface area contributed by atoms with Gasteiger partial charge in [-0.25, -0.2) is 4.52 Å². The van der Waals surface area contributed by atoms with E-state index in [1.165, 1.54) is 0 Å². The fourth-order valence-corrected chi connectivity index (χ4v) is 3.60. The molecule has 152 valence electrons. The number of aryl methyl sites for hydroxylation is 2. The maximum atomic E-state index is 12.9. The monoisotopic (exact) mass is 420 g/mol. The molecular weight excluding hydrogens is 400 g/mol. The van der Waals surface area contributed by atoms with E-state index >= 15 is 0 Å². The number of rotatable bonds is 5. The lowest BCUT2D eigenvalue weighted by atomic mass is 10.0. The minimum atomic E-state index is -0.267. The summed E-state index contributed by atoms with van der Waals surface area (Å²) >= 11 is 6.05. The molecule has 0 unspecified atom stereocenters. The Morgan fingerprint density at radius 3 is 2.70 bits per heavy atom. The summed E-state index contributed by atoms with van der Waals surface area (Å²) in [5, 5.41) is 7.76. The summed E-state index contributed by atoms with van der Waals surface area (Å²) < 4.78 is 3.16. The number of halogens is 1. The van der Waals surface area contributed by atoms with E-state index in [0.717, 1.165) is 22.4 Å². The first-order valence-electron chi connectivity index (χ1n) is 9.63. The highest BCUT2D eigenvalue weighted by Gasteiger charge is 2.12. The number of nitrogens with zero attached hydrogens (tertiary/aromatic N) is 3. The zero-order valence-electron chi connectivity index (χ0n) is 16.7. The molecule has 4 aromatic rings. The van der Waals surface area contributed by atoms with Gasteiger partial charge in [-0.3, -0.25) is 9.59 Å². The van der Waals surface area contributed by atoms with Crippen molar-refractivity contribution in [3.63, 3.8) is 0 Å². The Labute approximate surface area is 178 Å². The zero-order valence-corrected chi connectivity index (χ0v) is 17.5. The minimum absolute atomic E-state index is 0.159. The molecule has 0 aliphatic rings. The molecule has 0 spiro atoms.